The molecule has 0 atom stereocenters. The molecule has 0 saturated heterocycles. The topological polar surface area (TPSA) is 28.2 Å². The zero-order chi connectivity index (χ0) is 13.9. The largest absolute Gasteiger partial charge is 0.309 e. The van der Waals surface area contributed by atoms with Gasteiger partial charge in [-0.15, -0.1) is 0 Å². The van der Waals surface area contributed by atoms with Crippen LogP contribution in [0.15, 0.2) is 54.7 Å². The molecule has 3 heteroatoms. The Kier molecular flexibility index (Phi) is 3.17. The van der Waals surface area contributed by atoms with E-state index in [2.05, 4.69) is 17.9 Å². The van der Waals surface area contributed by atoms with Gasteiger partial charge in [-0.25, -0.2) is 0 Å². The number of rotatable bonds is 0. The molecule has 0 bridgehead atoms. The number of nitrogens with zero attached hydrogens (tertiary/aromatic N) is 2. The smallest absolute Gasteiger partial charge is 0.101 e. The lowest BCUT2D eigenvalue weighted by molar-refractivity contribution is 1.17. The van der Waals surface area contributed by atoms with Crippen molar-refractivity contribution in [1.29, 1.82) is 5.26 Å². The molecular formula is C17H9ClN2. The summed E-state index contributed by atoms with van der Waals surface area (Å²) < 4.78 is 1.92. The normalized spacial score (nSPS) is 9.80. The first-order chi connectivity index (χ1) is 9.78. The summed E-state index contributed by atoms with van der Waals surface area (Å²) in [7, 11) is 0. The van der Waals surface area contributed by atoms with Crippen molar-refractivity contribution in [3.8, 4) is 17.9 Å². The van der Waals surface area contributed by atoms with Gasteiger partial charge in [-0.05, 0) is 48.4 Å². The molecule has 0 aliphatic rings. The van der Waals surface area contributed by atoms with E-state index in [9.17, 15) is 0 Å². The van der Waals surface area contributed by atoms with Crippen LogP contribution in [-0.4, -0.2) is 4.40 Å². The zero-order valence-corrected chi connectivity index (χ0v) is 11.2. The van der Waals surface area contributed by atoms with Crippen LogP contribution in [0.25, 0.3) is 5.52 Å². The Morgan fingerprint density at radius 2 is 1.80 bits per heavy atom. The summed E-state index contributed by atoms with van der Waals surface area (Å²) in [5, 5.41) is 9.83. The monoisotopic (exact) mass is 276 g/mol. The van der Waals surface area contributed by atoms with Crippen molar-refractivity contribution in [3.05, 3.63) is 76.6 Å². The lowest BCUT2D eigenvalue weighted by Crippen LogP contribution is -1.86. The summed E-state index contributed by atoms with van der Waals surface area (Å²) in [4.78, 5) is 0. The first-order valence-corrected chi connectivity index (χ1v) is 6.43. The Morgan fingerprint density at radius 3 is 2.55 bits per heavy atom. The number of hydrogen-bond donors (Lipinski definition) is 0. The van der Waals surface area contributed by atoms with Crippen molar-refractivity contribution < 1.29 is 0 Å². The second-order valence-corrected chi connectivity index (χ2v) is 4.70. The highest BCUT2D eigenvalue weighted by Gasteiger charge is 2.05. The molecule has 3 rings (SSSR count). The van der Waals surface area contributed by atoms with Crippen LogP contribution in [0.4, 0.5) is 0 Å². The lowest BCUT2D eigenvalue weighted by Gasteiger charge is -1.95. The number of benzene rings is 1. The Hall–Kier alpha value is -2.68. The van der Waals surface area contributed by atoms with Crippen LogP contribution in [0.2, 0.25) is 5.02 Å². The molecule has 0 saturated carbocycles. The van der Waals surface area contributed by atoms with Crippen LogP contribution in [0, 0.1) is 23.2 Å². The molecule has 0 spiro atoms. The second kappa shape index (κ2) is 5.13. The molecule has 0 aliphatic carbocycles. The molecule has 0 amide bonds. The van der Waals surface area contributed by atoms with E-state index in [1.165, 1.54) is 0 Å². The molecule has 94 valence electrons. The van der Waals surface area contributed by atoms with E-state index < -0.39 is 0 Å². The highest BCUT2D eigenvalue weighted by atomic mass is 35.5. The molecule has 2 nitrogen and oxygen atoms in total. The molecule has 3 aromatic rings. The third-order valence-electron chi connectivity index (χ3n) is 2.98. The molecule has 20 heavy (non-hydrogen) atoms. The Labute approximate surface area is 121 Å². The Bertz CT molecular complexity index is 871. The van der Waals surface area contributed by atoms with Crippen molar-refractivity contribution in [2.45, 2.75) is 0 Å². The second-order valence-electron chi connectivity index (χ2n) is 4.27. The van der Waals surface area contributed by atoms with Crippen molar-refractivity contribution in [2.24, 2.45) is 0 Å². The minimum atomic E-state index is 0.631. The van der Waals surface area contributed by atoms with E-state index in [4.69, 9.17) is 16.9 Å². The number of pyridine rings is 1. The molecular weight excluding hydrogens is 268 g/mol. The van der Waals surface area contributed by atoms with Gasteiger partial charge in [-0.3, -0.25) is 0 Å². The van der Waals surface area contributed by atoms with Crippen molar-refractivity contribution >= 4 is 17.1 Å². The van der Waals surface area contributed by atoms with Gasteiger partial charge in [0.15, 0.2) is 0 Å². The van der Waals surface area contributed by atoms with Gasteiger partial charge in [0.05, 0.1) is 16.8 Å². The summed E-state index contributed by atoms with van der Waals surface area (Å²) in [6, 6.07) is 17.1. The van der Waals surface area contributed by atoms with Crippen LogP contribution in [0.3, 0.4) is 0 Å². The van der Waals surface area contributed by atoms with Gasteiger partial charge >= 0.3 is 0 Å². The SMILES string of the molecule is N#Cc1cc(C#Cc2ccc(Cl)cc2)n2ccccc12. The van der Waals surface area contributed by atoms with Gasteiger partial charge in [0.1, 0.15) is 6.07 Å². The average Bonchev–Trinajstić information content (AvgIpc) is 2.85. The van der Waals surface area contributed by atoms with Gasteiger partial charge in [0.2, 0.25) is 0 Å². The number of nitriles is 1. The number of hydrogen-bond acceptors (Lipinski definition) is 1. The van der Waals surface area contributed by atoms with Gasteiger partial charge < -0.3 is 4.40 Å². The molecule has 2 aromatic heterocycles. The molecule has 0 radical (unpaired) electrons. The fourth-order valence-electron chi connectivity index (χ4n) is 2.01. The first-order valence-electron chi connectivity index (χ1n) is 6.06. The van der Waals surface area contributed by atoms with Crippen molar-refractivity contribution in [1.82, 2.24) is 4.40 Å². The summed E-state index contributed by atoms with van der Waals surface area (Å²) in [5.74, 6) is 6.18. The standard InChI is InChI=1S/C17H9ClN2/c18-15-7-4-13(5-8-15)6-9-16-11-14(12-19)17-3-1-2-10-20(16)17/h1-5,7-8,10-11H. The van der Waals surface area contributed by atoms with E-state index in [1.54, 1.807) is 6.07 Å². The molecule has 0 aliphatic heterocycles. The fourth-order valence-corrected chi connectivity index (χ4v) is 2.13. The maximum absolute atomic E-state index is 9.14. The van der Waals surface area contributed by atoms with Crippen molar-refractivity contribution in [2.75, 3.05) is 0 Å². The Morgan fingerprint density at radius 1 is 1.00 bits per heavy atom. The van der Waals surface area contributed by atoms with Crippen LogP contribution in [0.5, 0.6) is 0 Å². The zero-order valence-electron chi connectivity index (χ0n) is 10.5. The van der Waals surface area contributed by atoms with E-state index in [0.29, 0.717) is 10.6 Å². The summed E-state index contributed by atoms with van der Waals surface area (Å²) in [6.07, 6.45) is 1.90. The lowest BCUT2D eigenvalue weighted by atomic mass is 10.2. The maximum Gasteiger partial charge on any atom is 0.101 e. The highest BCUT2D eigenvalue weighted by molar-refractivity contribution is 6.30. The first kappa shape index (κ1) is 12.4. The average molecular weight is 277 g/mol. The summed E-state index contributed by atoms with van der Waals surface area (Å²) in [6.45, 7) is 0. The van der Waals surface area contributed by atoms with Gasteiger partial charge in [0.25, 0.3) is 0 Å². The molecule has 0 N–H and O–H groups in total. The summed E-state index contributed by atoms with van der Waals surface area (Å²) >= 11 is 5.84. The third-order valence-corrected chi connectivity index (χ3v) is 3.23. The minimum absolute atomic E-state index is 0.631. The van der Waals surface area contributed by atoms with Crippen LogP contribution < -0.4 is 0 Å². The maximum atomic E-state index is 9.14. The number of aromatic nitrogens is 1. The van der Waals surface area contributed by atoms with Crippen LogP contribution in [0.1, 0.15) is 16.8 Å². The van der Waals surface area contributed by atoms with Gasteiger partial charge in [-0.2, -0.15) is 5.26 Å². The minimum Gasteiger partial charge on any atom is -0.309 e. The fraction of sp³-hybridized carbons (Fsp3) is 0. The quantitative estimate of drug-likeness (QED) is 0.573. The van der Waals surface area contributed by atoms with E-state index >= 15 is 0 Å². The van der Waals surface area contributed by atoms with Gasteiger partial charge in [0, 0.05) is 16.8 Å². The molecule has 0 fully saturated rings. The number of halogens is 1. The summed E-state index contributed by atoms with van der Waals surface area (Å²) in [5.41, 5.74) is 3.19. The molecule has 2 heterocycles. The Balaban J connectivity index is 2.08. The molecule has 1 aromatic carbocycles. The van der Waals surface area contributed by atoms with Gasteiger partial charge in [-0.1, -0.05) is 23.6 Å². The van der Waals surface area contributed by atoms with Crippen LogP contribution in [-0.2, 0) is 0 Å². The van der Waals surface area contributed by atoms with Crippen LogP contribution >= 0.6 is 11.6 Å². The third kappa shape index (κ3) is 2.26. The predicted molar refractivity (Wildman–Crippen MR) is 79.5 cm³/mol. The van der Waals surface area contributed by atoms with E-state index in [-0.39, 0.29) is 0 Å². The highest BCUT2D eigenvalue weighted by Crippen LogP contribution is 2.15. The molecule has 0 unspecified atom stereocenters. The van der Waals surface area contributed by atoms with Crippen molar-refractivity contribution in [3.63, 3.8) is 0 Å². The number of fused-ring (bicyclic) bond motifs is 1. The predicted octanol–water partition coefficient (Wildman–Crippen LogP) is 3.86. The van der Waals surface area contributed by atoms with E-state index in [0.717, 1.165) is 16.8 Å². The van der Waals surface area contributed by atoms with E-state index in [1.807, 2.05) is 53.1 Å².